The molecular formula is C14H20N2O3. The van der Waals surface area contributed by atoms with Crippen LogP contribution in [-0.2, 0) is 4.74 Å². The molecular weight excluding hydrogens is 244 g/mol. The average Bonchev–Trinajstić information content (AvgIpc) is 2.86. The highest BCUT2D eigenvalue weighted by atomic mass is 16.5. The summed E-state index contributed by atoms with van der Waals surface area (Å²) in [5, 5.41) is 8.97. The van der Waals surface area contributed by atoms with Gasteiger partial charge in [-0.2, -0.15) is 0 Å². The van der Waals surface area contributed by atoms with E-state index < -0.39 is 0 Å². The zero-order valence-corrected chi connectivity index (χ0v) is 11.1. The number of rotatable bonds is 4. The van der Waals surface area contributed by atoms with E-state index in [4.69, 9.17) is 10.8 Å². The minimum absolute atomic E-state index is 0.231. The molecule has 0 radical (unpaired) electrons. The number of esters is 1. The maximum Gasteiger partial charge on any atom is 0.337 e. The Morgan fingerprint density at radius 1 is 1.58 bits per heavy atom. The van der Waals surface area contributed by atoms with Gasteiger partial charge in [0.15, 0.2) is 0 Å². The van der Waals surface area contributed by atoms with Crippen molar-refractivity contribution in [1.29, 1.82) is 0 Å². The molecule has 19 heavy (non-hydrogen) atoms. The first-order chi connectivity index (χ1) is 9.15. The van der Waals surface area contributed by atoms with Crippen LogP contribution in [0.25, 0.3) is 0 Å². The van der Waals surface area contributed by atoms with Crippen LogP contribution in [0, 0.1) is 5.92 Å². The Balaban J connectivity index is 2.11. The Morgan fingerprint density at radius 2 is 2.37 bits per heavy atom. The Hall–Kier alpha value is -1.75. The third-order valence-electron chi connectivity index (χ3n) is 3.61. The molecule has 1 atom stereocenters. The molecule has 1 fully saturated rings. The maximum atomic E-state index is 11.4. The van der Waals surface area contributed by atoms with Gasteiger partial charge in [0.2, 0.25) is 0 Å². The summed E-state index contributed by atoms with van der Waals surface area (Å²) in [5.41, 5.74) is 8.02. The van der Waals surface area contributed by atoms with Crippen molar-refractivity contribution >= 4 is 17.3 Å². The lowest BCUT2D eigenvalue weighted by molar-refractivity contribution is 0.0601. The summed E-state index contributed by atoms with van der Waals surface area (Å²) in [6.07, 6.45) is 1.90. The van der Waals surface area contributed by atoms with Crippen molar-refractivity contribution in [3.8, 4) is 0 Å². The van der Waals surface area contributed by atoms with Crippen molar-refractivity contribution < 1.29 is 14.6 Å². The van der Waals surface area contributed by atoms with E-state index >= 15 is 0 Å². The molecule has 0 spiro atoms. The molecule has 2 rings (SSSR count). The lowest BCUT2D eigenvalue weighted by Crippen LogP contribution is -2.21. The lowest BCUT2D eigenvalue weighted by atomic mass is 10.1. The van der Waals surface area contributed by atoms with Crippen LogP contribution in [0.4, 0.5) is 11.4 Å². The minimum Gasteiger partial charge on any atom is -0.465 e. The Bertz CT molecular complexity index is 462. The van der Waals surface area contributed by atoms with Crippen LogP contribution in [0.3, 0.4) is 0 Å². The third kappa shape index (κ3) is 2.98. The highest BCUT2D eigenvalue weighted by Gasteiger charge is 2.23. The number of anilines is 2. The fourth-order valence-corrected chi connectivity index (χ4v) is 2.56. The predicted molar refractivity (Wildman–Crippen MR) is 74.2 cm³/mol. The van der Waals surface area contributed by atoms with E-state index in [-0.39, 0.29) is 12.6 Å². The molecule has 5 nitrogen and oxygen atoms in total. The van der Waals surface area contributed by atoms with Crippen molar-refractivity contribution in [3.63, 3.8) is 0 Å². The van der Waals surface area contributed by atoms with Gasteiger partial charge in [0.05, 0.1) is 24.0 Å². The second kappa shape index (κ2) is 5.93. The first-order valence-corrected chi connectivity index (χ1v) is 6.49. The number of ether oxygens (including phenoxy) is 1. The molecule has 1 saturated heterocycles. The van der Waals surface area contributed by atoms with E-state index in [2.05, 4.69) is 9.64 Å². The molecule has 1 aromatic carbocycles. The molecule has 1 unspecified atom stereocenters. The summed E-state index contributed by atoms with van der Waals surface area (Å²) in [7, 11) is 1.35. The van der Waals surface area contributed by atoms with Crippen LogP contribution in [-0.4, -0.2) is 37.9 Å². The minimum atomic E-state index is -0.377. The van der Waals surface area contributed by atoms with Crippen LogP contribution in [0.15, 0.2) is 18.2 Å². The lowest BCUT2D eigenvalue weighted by Gasteiger charge is -2.21. The van der Waals surface area contributed by atoms with E-state index in [1.807, 2.05) is 6.07 Å². The van der Waals surface area contributed by atoms with Crippen LogP contribution in [0.5, 0.6) is 0 Å². The van der Waals surface area contributed by atoms with Gasteiger partial charge >= 0.3 is 5.97 Å². The van der Waals surface area contributed by atoms with Crippen LogP contribution < -0.4 is 10.6 Å². The second-order valence-electron chi connectivity index (χ2n) is 4.88. The van der Waals surface area contributed by atoms with Gasteiger partial charge in [-0.05, 0) is 37.0 Å². The summed E-state index contributed by atoms with van der Waals surface area (Å²) in [6, 6.07) is 5.25. The molecule has 0 amide bonds. The number of benzene rings is 1. The highest BCUT2D eigenvalue weighted by Crippen LogP contribution is 2.30. The zero-order chi connectivity index (χ0) is 13.8. The Morgan fingerprint density at radius 3 is 3.00 bits per heavy atom. The molecule has 1 aromatic rings. The maximum absolute atomic E-state index is 11.4. The van der Waals surface area contributed by atoms with Gasteiger partial charge in [-0.25, -0.2) is 4.79 Å². The summed E-state index contributed by atoms with van der Waals surface area (Å²) in [6.45, 7) is 2.07. The van der Waals surface area contributed by atoms with Crippen LogP contribution in [0.2, 0.25) is 0 Å². The first-order valence-electron chi connectivity index (χ1n) is 6.49. The molecule has 5 heteroatoms. The van der Waals surface area contributed by atoms with E-state index in [1.165, 1.54) is 7.11 Å². The topological polar surface area (TPSA) is 75.8 Å². The number of carbonyl (C=O) groups excluding carboxylic acids is 1. The number of aliphatic hydroxyl groups excluding tert-OH is 1. The summed E-state index contributed by atoms with van der Waals surface area (Å²) in [5.74, 6) is 0.141. The fraction of sp³-hybridized carbons (Fsp3) is 0.500. The average molecular weight is 264 g/mol. The quantitative estimate of drug-likeness (QED) is 0.632. The van der Waals surface area contributed by atoms with Crippen LogP contribution >= 0.6 is 0 Å². The Kier molecular flexibility index (Phi) is 4.27. The molecule has 1 aliphatic heterocycles. The van der Waals surface area contributed by atoms with Gasteiger partial charge in [-0.1, -0.05) is 0 Å². The van der Waals surface area contributed by atoms with E-state index in [1.54, 1.807) is 12.1 Å². The number of nitrogens with two attached hydrogens (primary N) is 1. The van der Waals surface area contributed by atoms with Crippen molar-refractivity contribution in [3.05, 3.63) is 23.8 Å². The summed E-state index contributed by atoms with van der Waals surface area (Å²) < 4.78 is 4.67. The molecule has 0 saturated carbocycles. The third-order valence-corrected chi connectivity index (χ3v) is 3.61. The number of aliphatic hydroxyl groups is 1. The second-order valence-corrected chi connectivity index (χ2v) is 4.88. The number of nitrogen functional groups attached to an aromatic ring is 1. The van der Waals surface area contributed by atoms with Gasteiger partial charge in [-0.3, -0.25) is 0 Å². The molecule has 3 N–H and O–H groups in total. The van der Waals surface area contributed by atoms with Crippen molar-refractivity contribution in [2.24, 2.45) is 5.92 Å². The van der Waals surface area contributed by atoms with Gasteiger partial charge in [-0.15, -0.1) is 0 Å². The molecule has 0 aromatic heterocycles. The van der Waals surface area contributed by atoms with Crippen LogP contribution in [0.1, 0.15) is 23.2 Å². The molecule has 0 aliphatic carbocycles. The predicted octanol–water partition coefficient (Wildman–Crippen LogP) is 1.26. The number of nitrogens with zero attached hydrogens (tertiary/aromatic N) is 1. The highest BCUT2D eigenvalue weighted by molar-refractivity contribution is 5.92. The van der Waals surface area contributed by atoms with Gasteiger partial charge < -0.3 is 20.5 Å². The van der Waals surface area contributed by atoms with Crippen molar-refractivity contribution in [2.75, 3.05) is 37.4 Å². The fourth-order valence-electron chi connectivity index (χ4n) is 2.56. The van der Waals surface area contributed by atoms with E-state index in [0.29, 0.717) is 17.2 Å². The largest absolute Gasteiger partial charge is 0.465 e. The standard InChI is InChI=1S/C14H20N2O3/c1-19-14(18)11-2-3-13(12(15)8-11)16-6-4-10(9-16)5-7-17/h2-3,8,10,17H,4-7,9,15H2,1H3. The zero-order valence-electron chi connectivity index (χ0n) is 11.1. The normalized spacial score (nSPS) is 18.6. The van der Waals surface area contributed by atoms with E-state index in [9.17, 15) is 4.79 Å². The first kappa shape index (κ1) is 13.7. The van der Waals surface area contributed by atoms with Gasteiger partial charge in [0.25, 0.3) is 0 Å². The smallest absolute Gasteiger partial charge is 0.337 e. The molecule has 1 aliphatic rings. The monoisotopic (exact) mass is 264 g/mol. The van der Waals surface area contributed by atoms with Crippen molar-refractivity contribution in [1.82, 2.24) is 0 Å². The number of methoxy groups -OCH3 is 1. The summed E-state index contributed by atoms with van der Waals surface area (Å²) in [4.78, 5) is 13.6. The van der Waals surface area contributed by atoms with Crippen molar-refractivity contribution in [2.45, 2.75) is 12.8 Å². The number of hydrogen-bond acceptors (Lipinski definition) is 5. The van der Waals surface area contributed by atoms with Gasteiger partial charge in [0.1, 0.15) is 0 Å². The summed E-state index contributed by atoms with van der Waals surface area (Å²) >= 11 is 0. The van der Waals surface area contributed by atoms with Gasteiger partial charge in [0, 0.05) is 19.7 Å². The number of hydrogen-bond donors (Lipinski definition) is 2. The Labute approximate surface area is 113 Å². The van der Waals surface area contributed by atoms with E-state index in [0.717, 1.165) is 31.6 Å². The SMILES string of the molecule is COC(=O)c1ccc(N2CCC(CCO)C2)c(N)c1. The molecule has 104 valence electrons. The molecule has 0 bridgehead atoms. The number of carbonyl (C=O) groups is 1. The molecule has 1 heterocycles.